The van der Waals surface area contributed by atoms with Crippen LogP contribution in [0.4, 0.5) is 0 Å². The number of alkyl halides is 1. The predicted octanol–water partition coefficient (Wildman–Crippen LogP) is 0.720. The highest BCUT2D eigenvalue weighted by Gasteiger charge is 2.51. The lowest BCUT2D eigenvalue weighted by Crippen LogP contribution is -2.36. The summed E-state index contributed by atoms with van der Waals surface area (Å²) in [5.41, 5.74) is 0. The zero-order chi connectivity index (χ0) is 7.30. The third-order valence-corrected chi connectivity index (χ3v) is 3.93. The van der Waals surface area contributed by atoms with Crippen LogP contribution >= 0.6 is 15.9 Å². The average molecular weight is 205 g/mol. The van der Waals surface area contributed by atoms with Gasteiger partial charge in [-0.2, -0.15) is 0 Å². The Kier molecular flexibility index (Phi) is 1.39. The van der Waals surface area contributed by atoms with E-state index in [1.165, 1.54) is 0 Å². The van der Waals surface area contributed by atoms with E-state index in [9.17, 15) is 9.90 Å². The normalized spacial score (nSPS) is 52.4. The maximum Gasteiger partial charge on any atom is 0.136 e. The van der Waals surface area contributed by atoms with Crippen LogP contribution in [0.15, 0.2) is 0 Å². The second-order valence-corrected chi connectivity index (χ2v) is 4.25. The summed E-state index contributed by atoms with van der Waals surface area (Å²) in [5, 5.41) is 9.30. The molecule has 0 aromatic carbocycles. The monoisotopic (exact) mass is 204 g/mol. The number of Topliss-reactive ketones (excluding diaryl/α,β-unsaturated/α-hetero) is 1. The summed E-state index contributed by atoms with van der Waals surface area (Å²) >= 11 is 3.39. The van der Waals surface area contributed by atoms with Crippen molar-refractivity contribution in [2.45, 2.75) is 23.8 Å². The third-order valence-electron chi connectivity index (χ3n) is 2.64. The lowest BCUT2D eigenvalue weighted by atomic mass is 9.75. The van der Waals surface area contributed by atoms with Crippen LogP contribution in [0.5, 0.6) is 0 Å². The van der Waals surface area contributed by atoms with Gasteiger partial charge in [-0.15, -0.1) is 0 Å². The van der Waals surface area contributed by atoms with E-state index in [2.05, 4.69) is 15.9 Å². The van der Waals surface area contributed by atoms with Crippen molar-refractivity contribution in [3.63, 3.8) is 0 Å². The van der Waals surface area contributed by atoms with Crippen molar-refractivity contribution in [1.29, 1.82) is 0 Å². The smallest absolute Gasteiger partial charge is 0.136 e. The summed E-state index contributed by atoms with van der Waals surface area (Å²) in [6, 6.07) is 0. The van der Waals surface area contributed by atoms with E-state index in [-0.39, 0.29) is 16.8 Å². The Balaban J connectivity index is 2.13. The summed E-state index contributed by atoms with van der Waals surface area (Å²) in [6.45, 7) is 0. The molecular formula is C7H9BrO2. The molecule has 0 bridgehead atoms. The summed E-state index contributed by atoms with van der Waals surface area (Å²) in [5.74, 6) is 0.952. The first-order chi connectivity index (χ1) is 4.70. The predicted molar refractivity (Wildman–Crippen MR) is 39.9 cm³/mol. The number of halogens is 1. The Labute approximate surface area is 67.7 Å². The standard InChI is InChI=1S/C7H9BrO2/c8-7-4-2-5(9)3(4)1-6(7)10/h3-4,6-7,10H,1-2H2/t3?,4?,6-,7?/m1/s1. The summed E-state index contributed by atoms with van der Waals surface area (Å²) in [4.78, 5) is 11.0. The first-order valence-electron chi connectivity index (χ1n) is 3.55. The van der Waals surface area contributed by atoms with Crippen molar-refractivity contribution >= 4 is 21.7 Å². The molecule has 0 aliphatic heterocycles. The minimum absolute atomic E-state index is 0.176. The van der Waals surface area contributed by atoms with Gasteiger partial charge in [0.1, 0.15) is 5.78 Å². The van der Waals surface area contributed by atoms with E-state index < -0.39 is 0 Å². The van der Waals surface area contributed by atoms with Gasteiger partial charge in [-0.1, -0.05) is 15.9 Å². The maximum atomic E-state index is 10.9. The molecule has 2 rings (SSSR count). The number of carbonyl (C=O) groups excluding carboxylic acids is 1. The van der Waals surface area contributed by atoms with Gasteiger partial charge in [-0.3, -0.25) is 4.79 Å². The zero-order valence-electron chi connectivity index (χ0n) is 5.46. The van der Waals surface area contributed by atoms with Crippen molar-refractivity contribution in [3.8, 4) is 0 Å². The van der Waals surface area contributed by atoms with E-state index in [4.69, 9.17) is 0 Å². The van der Waals surface area contributed by atoms with Gasteiger partial charge in [0.05, 0.1) is 6.10 Å². The fourth-order valence-electron chi connectivity index (χ4n) is 1.92. The second-order valence-electron chi connectivity index (χ2n) is 3.19. The molecule has 0 amide bonds. The molecule has 2 nitrogen and oxygen atoms in total. The molecule has 2 saturated carbocycles. The van der Waals surface area contributed by atoms with Crippen molar-refractivity contribution in [3.05, 3.63) is 0 Å². The first kappa shape index (κ1) is 6.80. The molecule has 1 N–H and O–H groups in total. The van der Waals surface area contributed by atoms with Gasteiger partial charge in [0.25, 0.3) is 0 Å². The molecular weight excluding hydrogens is 196 g/mol. The minimum atomic E-state index is -0.290. The number of hydrogen-bond acceptors (Lipinski definition) is 2. The molecule has 3 unspecified atom stereocenters. The molecule has 0 aromatic heterocycles. The van der Waals surface area contributed by atoms with Crippen LogP contribution in [0.3, 0.4) is 0 Å². The number of hydrogen-bond donors (Lipinski definition) is 1. The number of aliphatic hydroxyl groups excluding tert-OH is 1. The van der Waals surface area contributed by atoms with Crippen LogP contribution in [0.25, 0.3) is 0 Å². The first-order valence-corrected chi connectivity index (χ1v) is 4.46. The number of fused-ring (bicyclic) bond motifs is 1. The summed E-state index contributed by atoms with van der Waals surface area (Å²) in [7, 11) is 0. The lowest BCUT2D eigenvalue weighted by molar-refractivity contribution is -0.132. The highest BCUT2D eigenvalue weighted by Crippen LogP contribution is 2.47. The molecule has 56 valence electrons. The van der Waals surface area contributed by atoms with Gasteiger partial charge in [0, 0.05) is 17.2 Å². The van der Waals surface area contributed by atoms with Gasteiger partial charge in [0.15, 0.2) is 0 Å². The highest BCUT2D eigenvalue weighted by molar-refractivity contribution is 9.09. The number of aliphatic hydroxyl groups is 1. The fourth-order valence-corrected chi connectivity index (χ4v) is 2.69. The van der Waals surface area contributed by atoms with Crippen LogP contribution < -0.4 is 0 Å². The Morgan fingerprint density at radius 1 is 1.60 bits per heavy atom. The molecule has 3 heteroatoms. The highest BCUT2D eigenvalue weighted by atomic mass is 79.9. The zero-order valence-corrected chi connectivity index (χ0v) is 7.04. The average Bonchev–Trinajstić information content (AvgIpc) is 2.12. The molecule has 0 heterocycles. The number of rotatable bonds is 0. The van der Waals surface area contributed by atoms with E-state index in [0.29, 0.717) is 24.5 Å². The van der Waals surface area contributed by atoms with Gasteiger partial charge in [-0.05, 0) is 12.3 Å². The third kappa shape index (κ3) is 0.705. The quantitative estimate of drug-likeness (QED) is 0.591. The summed E-state index contributed by atoms with van der Waals surface area (Å²) in [6.07, 6.45) is 1.07. The van der Waals surface area contributed by atoms with E-state index in [1.54, 1.807) is 0 Å². The SMILES string of the molecule is O=C1CC2C1C[C@@H](O)C2Br. The molecule has 0 aromatic rings. The molecule has 2 aliphatic carbocycles. The Hall–Kier alpha value is 0.110. The topological polar surface area (TPSA) is 37.3 Å². The minimum Gasteiger partial charge on any atom is -0.392 e. The van der Waals surface area contributed by atoms with E-state index in [0.717, 1.165) is 0 Å². The molecule has 2 fully saturated rings. The van der Waals surface area contributed by atoms with E-state index >= 15 is 0 Å². The van der Waals surface area contributed by atoms with Gasteiger partial charge in [-0.25, -0.2) is 0 Å². The van der Waals surface area contributed by atoms with Crippen LogP contribution in [0.2, 0.25) is 0 Å². The van der Waals surface area contributed by atoms with Crippen molar-refractivity contribution < 1.29 is 9.90 Å². The maximum absolute atomic E-state index is 10.9. The Morgan fingerprint density at radius 2 is 2.30 bits per heavy atom. The summed E-state index contributed by atoms with van der Waals surface area (Å²) < 4.78 is 0. The van der Waals surface area contributed by atoms with Crippen LogP contribution in [0, 0.1) is 11.8 Å². The fraction of sp³-hybridized carbons (Fsp3) is 0.857. The number of ketones is 1. The molecule has 10 heavy (non-hydrogen) atoms. The van der Waals surface area contributed by atoms with Gasteiger partial charge < -0.3 is 5.11 Å². The van der Waals surface area contributed by atoms with Crippen LogP contribution in [-0.2, 0) is 4.79 Å². The van der Waals surface area contributed by atoms with Crippen molar-refractivity contribution in [1.82, 2.24) is 0 Å². The molecule has 0 saturated heterocycles. The Morgan fingerprint density at radius 3 is 2.70 bits per heavy atom. The van der Waals surface area contributed by atoms with Gasteiger partial charge >= 0.3 is 0 Å². The van der Waals surface area contributed by atoms with Crippen LogP contribution in [0.1, 0.15) is 12.8 Å². The molecule has 0 spiro atoms. The molecule has 0 radical (unpaired) electrons. The largest absolute Gasteiger partial charge is 0.392 e. The molecule has 2 aliphatic rings. The van der Waals surface area contributed by atoms with Gasteiger partial charge in [0.2, 0.25) is 0 Å². The van der Waals surface area contributed by atoms with Crippen LogP contribution in [-0.4, -0.2) is 21.8 Å². The van der Waals surface area contributed by atoms with Crippen molar-refractivity contribution in [2.24, 2.45) is 11.8 Å². The molecule has 4 atom stereocenters. The number of carbonyl (C=O) groups is 1. The lowest BCUT2D eigenvalue weighted by Gasteiger charge is -2.29. The van der Waals surface area contributed by atoms with Crippen molar-refractivity contribution in [2.75, 3.05) is 0 Å². The second kappa shape index (κ2) is 2.05. The Bertz CT molecular complexity index is 180. The van der Waals surface area contributed by atoms with E-state index in [1.807, 2.05) is 0 Å².